The molecule has 0 atom stereocenters. The molecule has 6 nitrogen and oxygen atoms in total. The molecular weight excluding hydrogens is 406 g/mol. The zero-order valence-electron chi connectivity index (χ0n) is 10.7. The molecule has 0 unspecified atom stereocenters. The van der Waals surface area contributed by atoms with Crippen LogP contribution >= 0.6 is 31.9 Å². The van der Waals surface area contributed by atoms with E-state index >= 15 is 0 Å². The number of carboxylic acids is 1. The van der Waals surface area contributed by atoms with Gasteiger partial charge in [-0.1, -0.05) is 15.9 Å². The van der Waals surface area contributed by atoms with Gasteiger partial charge in [-0.05, 0) is 34.1 Å². The number of benzene rings is 1. The molecule has 0 fully saturated rings. The third-order valence-corrected chi connectivity index (χ3v) is 3.76. The van der Waals surface area contributed by atoms with E-state index in [1.807, 2.05) is 0 Å². The SMILES string of the molecule is O=C(CCn1cccn1)Nc1c(Br)cc(Br)cc1C(=O)O. The van der Waals surface area contributed by atoms with E-state index in [-0.39, 0.29) is 23.6 Å². The van der Waals surface area contributed by atoms with Crippen molar-refractivity contribution in [2.24, 2.45) is 0 Å². The zero-order valence-corrected chi connectivity index (χ0v) is 13.9. The average molecular weight is 417 g/mol. The Morgan fingerprint density at radius 2 is 2.10 bits per heavy atom. The quantitative estimate of drug-likeness (QED) is 0.784. The number of amides is 1. The molecule has 0 bridgehead atoms. The molecule has 1 heterocycles. The van der Waals surface area contributed by atoms with Gasteiger partial charge >= 0.3 is 5.97 Å². The van der Waals surface area contributed by atoms with Gasteiger partial charge in [0.05, 0.1) is 11.3 Å². The fraction of sp³-hybridized carbons (Fsp3) is 0.154. The van der Waals surface area contributed by atoms with Gasteiger partial charge in [-0.2, -0.15) is 5.10 Å². The summed E-state index contributed by atoms with van der Waals surface area (Å²) < 4.78 is 2.75. The first-order chi connectivity index (χ1) is 9.97. The maximum Gasteiger partial charge on any atom is 0.337 e. The lowest BCUT2D eigenvalue weighted by Gasteiger charge is -2.11. The molecule has 8 heteroatoms. The van der Waals surface area contributed by atoms with E-state index in [4.69, 9.17) is 0 Å². The predicted octanol–water partition coefficient (Wildman–Crippen LogP) is 3.14. The van der Waals surface area contributed by atoms with E-state index in [0.717, 1.165) is 0 Å². The average Bonchev–Trinajstić information content (AvgIpc) is 2.92. The number of carbonyl (C=O) groups is 2. The Balaban J connectivity index is 2.11. The minimum Gasteiger partial charge on any atom is -0.478 e. The van der Waals surface area contributed by atoms with Gasteiger partial charge in [0.1, 0.15) is 0 Å². The molecule has 1 aromatic carbocycles. The van der Waals surface area contributed by atoms with Crippen LogP contribution in [0.2, 0.25) is 0 Å². The van der Waals surface area contributed by atoms with Crippen LogP contribution in [0.5, 0.6) is 0 Å². The number of halogens is 2. The number of nitrogens with zero attached hydrogens (tertiary/aromatic N) is 2. The van der Waals surface area contributed by atoms with Crippen LogP contribution in [-0.4, -0.2) is 26.8 Å². The van der Waals surface area contributed by atoms with Crippen molar-refractivity contribution < 1.29 is 14.7 Å². The van der Waals surface area contributed by atoms with Crippen LogP contribution in [0, 0.1) is 0 Å². The van der Waals surface area contributed by atoms with E-state index in [9.17, 15) is 14.7 Å². The minimum atomic E-state index is -1.11. The van der Waals surface area contributed by atoms with Crippen LogP contribution in [-0.2, 0) is 11.3 Å². The summed E-state index contributed by atoms with van der Waals surface area (Å²) in [5.41, 5.74) is 0.264. The Morgan fingerprint density at radius 1 is 1.33 bits per heavy atom. The summed E-state index contributed by atoms with van der Waals surface area (Å²) in [6.07, 6.45) is 3.58. The third-order valence-electron chi connectivity index (χ3n) is 2.68. The van der Waals surface area contributed by atoms with Gasteiger partial charge in [0, 0.05) is 34.3 Å². The predicted molar refractivity (Wildman–Crippen MR) is 84.3 cm³/mol. The maximum atomic E-state index is 11.9. The fourth-order valence-corrected chi connectivity index (χ4v) is 3.04. The second-order valence-electron chi connectivity index (χ2n) is 4.18. The van der Waals surface area contributed by atoms with Gasteiger partial charge in [-0.15, -0.1) is 0 Å². The van der Waals surface area contributed by atoms with Gasteiger partial charge in [0.25, 0.3) is 0 Å². The van der Waals surface area contributed by atoms with Crippen molar-refractivity contribution in [3.63, 3.8) is 0 Å². The molecule has 0 radical (unpaired) electrons. The Morgan fingerprint density at radius 3 is 2.71 bits per heavy atom. The van der Waals surface area contributed by atoms with E-state index in [1.54, 1.807) is 29.2 Å². The number of anilines is 1. The molecule has 0 aliphatic heterocycles. The van der Waals surface area contributed by atoms with Gasteiger partial charge in [0.15, 0.2) is 0 Å². The number of aromatic nitrogens is 2. The molecule has 2 N–H and O–H groups in total. The smallest absolute Gasteiger partial charge is 0.337 e. The van der Waals surface area contributed by atoms with Gasteiger partial charge in [-0.25, -0.2) is 4.79 Å². The number of rotatable bonds is 5. The summed E-state index contributed by atoms with van der Waals surface area (Å²) >= 11 is 6.48. The molecule has 0 saturated carbocycles. The van der Waals surface area contributed by atoms with E-state index in [1.165, 1.54) is 6.07 Å². The summed E-state index contributed by atoms with van der Waals surface area (Å²) in [4.78, 5) is 23.2. The fourth-order valence-electron chi connectivity index (χ4n) is 1.72. The van der Waals surface area contributed by atoms with Crippen LogP contribution in [0.4, 0.5) is 5.69 Å². The van der Waals surface area contributed by atoms with E-state index < -0.39 is 5.97 Å². The number of aromatic carboxylic acids is 1. The normalized spacial score (nSPS) is 10.4. The van der Waals surface area contributed by atoms with Crippen LogP contribution in [0.15, 0.2) is 39.5 Å². The molecule has 0 spiro atoms. The molecule has 0 aliphatic rings. The summed E-state index contributed by atoms with van der Waals surface area (Å²) in [6.45, 7) is 0.426. The van der Waals surface area contributed by atoms with E-state index in [0.29, 0.717) is 15.5 Å². The molecule has 110 valence electrons. The van der Waals surface area contributed by atoms with Crippen LogP contribution in [0.3, 0.4) is 0 Å². The highest BCUT2D eigenvalue weighted by molar-refractivity contribution is 9.11. The largest absolute Gasteiger partial charge is 0.478 e. The Kier molecular flexibility index (Phi) is 5.13. The van der Waals surface area contributed by atoms with Gasteiger partial charge < -0.3 is 10.4 Å². The molecule has 1 amide bonds. The van der Waals surface area contributed by atoms with Crippen molar-refractivity contribution in [2.45, 2.75) is 13.0 Å². The van der Waals surface area contributed by atoms with Crippen molar-refractivity contribution >= 4 is 49.4 Å². The third kappa shape index (κ3) is 4.15. The van der Waals surface area contributed by atoms with Crippen molar-refractivity contribution in [1.29, 1.82) is 0 Å². The number of hydrogen-bond acceptors (Lipinski definition) is 3. The van der Waals surface area contributed by atoms with Gasteiger partial charge in [-0.3, -0.25) is 9.48 Å². The second kappa shape index (κ2) is 6.86. The molecule has 0 saturated heterocycles. The topological polar surface area (TPSA) is 84.2 Å². The molecule has 2 rings (SSSR count). The summed E-state index contributed by atoms with van der Waals surface area (Å²) in [5, 5.41) is 15.8. The van der Waals surface area contributed by atoms with E-state index in [2.05, 4.69) is 42.3 Å². The number of carboxylic acid groups (broad SMARTS) is 1. The highest BCUT2D eigenvalue weighted by Crippen LogP contribution is 2.31. The van der Waals surface area contributed by atoms with Crippen molar-refractivity contribution in [3.8, 4) is 0 Å². The van der Waals surface area contributed by atoms with Crippen LogP contribution < -0.4 is 5.32 Å². The summed E-state index contributed by atoms with van der Waals surface area (Å²) in [5.74, 6) is -1.39. The van der Waals surface area contributed by atoms with Crippen molar-refractivity contribution in [1.82, 2.24) is 9.78 Å². The summed E-state index contributed by atoms with van der Waals surface area (Å²) in [7, 11) is 0. The first-order valence-corrected chi connectivity index (χ1v) is 7.55. The van der Waals surface area contributed by atoms with Crippen molar-refractivity contribution in [3.05, 3.63) is 45.1 Å². The molecule has 0 aliphatic carbocycles. The first-order valence-electron chi connectivity index (χ1n) is 5.97. The standard InChI is InChI=1S/C13H11Br2N3O3/c14-8-6-9(13(20)21)12(10(15)7-8)17-11(19)2-5-18-4-1-3-16-18/h1,3-4,6-7H,2,5H2,(H,17,19)(H,20,21). The molecular formula is C13H11Br2N3O3. The Hall–Kier alpha value is -1.67. The minimum absolute atomic E-state index is 0.0173. The number of hydrogen-bond donors (Lipinski definition) is 2. The first kappa shape index (κ1) is 15.7. The molecule has 2 aromatic rings. The lowest BCUT2D eigenvalue weighted by molar-refractivity contribution is -0.116. The molecule has 1 aromatic heterocycles. The summed E-state index contributed by atoms with van der Waals surface area (Å²) in [6, 6.07) is 4.89. The second-order valence-corrected chi connectivity index (χ2v) is 5.95. The Labute approximate surface area is 137 Å². The lowest BCUT2D eigenvalue weighted by atomic mass is 10.1. The number of nitrogens with one attached hydrogen (secondary N) is 1. The highest BCUT2D eigenvalue weighted by Gasteiger charge is 2.16. The van der Waals surface area contributed by atoms with Crippen molar-refractivity contribution in [2.75, 3.05) is 5.32 Å². The Bertz CT molecular complexity index is 672. The monoisotopic (exact) mass is 415 g/mol. The van der Waals surface area contributed by atoms with Crippen LogP contribution in [0.25, 0.3) is 0 Å². The highest BCUT2D eigenvalue weighted by atomic mass is 79.9. The molecule has 21 heavy (non-hydrogen) atoms. The maximum absolute atomic E-state index is 11.9. The lowest BCUT2D eigenvalue weighted by Crippen LogP contribution is -2.17. The van der Waals surface area contributed by atoms with Gasteiger partial charge in [0.2, 0.25) is 5.91 Å². The van der Waals surface area contributed by atoms with Crippen LogP contribution in [0.1, 0.15) is 16.8 Å². The number of aryl methyl sites for hydroxylation is 1. The number of carbonyl (C=O) groups excluding carboxylic acids is 1. The zero-order chi connectivity index (χ0) is 15.4.